The van der Waals surface area contributed by atoms with Gasteiger partial charge in [0.05, 0.1) is 11.1 Å². The predicted octanol–water partition coefficient (Wildman–Crippen LogP) is 3.25. The number of hydrogen-bond donors (Lipinski definition) is 1. The van der Waals surface area contributed by atoms with Crippen LogP contribution >= 0.6 is 27.5 Å². The van der Waals surface area contributed by atoms with Crippen molar-refractivity contribution in [1.82, 2.24) is 19.7 Å². The summed E-state index contributed by atoms with van der Waals surface area (Å²) in [7, 11) is 0. The fourth-order valence-electron chi connectivity index (χ4n) is 2.82. The number of anilines is 1. The van der Waals surface area contributed by atoms with Crippen molar-refractivity contribution < 1.29 is 4.73 Å². The smallest absolute Gasteiger partial charge is 0.223 e. The second kappa shape index (κ2) is 6.42. The van der Waals surface area contributed by atoms with Gasteiger partial charge in [-0.25, -0.2) is 9.67 Å². The van der Waals surface area contributed by atoms with Gasteiger partial charge in [-0.3, -0.25) is 0 Å². The SMILES string of the molecule is Cc1c[n+]([O-])c(Cn2nc(C(C)C)c3c(Cl)nc(N)nc32)c(C)c1Br. The molecule has 0 saturated carbocycles. The fraction of sp³-hybridized carbons (Fsp3) is 0.375. The number of aromatic nitrogens is 5. The number of rotatable bonds is 3. The second-order valence-electron chi connectivity index (χ2n) is 6.29. The average Bonchev–Trinajstić information content (AvgIpc) is 2.88. The summed E-state index contributed by atoms with van der Waals surface area (Å²) in [6.07, 6.45) is 1.54. The standard InChI is InChI=1S/C16H18BrClN6O/c1-7(2)13-11-14(18)20-16(19)21-15(11)23(22-13)6-10-9(4)12(17)8(3)5-24(10)25/h5,7H,6H2,1-4H3,(H2,19,20,21). The molecule has 0 aliphatic heterocycles. The molecule has 0 bridgehead atoms. The Morgan fingerprint density at radius 3 is 2.68 bits per heavy atom. The number of pyridine rings is 1. The molecule has 0 aliphatic rings. The lowest BCUT2D eigenvalue weighted by molar-refractivity contribution is -0.615. The monoisotopic (exact) mass is 424 g/mol. The lowest BCUT2D eigenvalue weighted by Crippen LogP contribution is -2.35. The number of nitrogen functional groups attached to an aromatic ring is 1. The average molecular weight is 426 g/mol. The van der Waals surface area contributed by atoms with Crippen LogP contribution in [0.5, 0.6) is 0 Å². The molecular weight excluding hydrogens is 408 g/mol. The molecule has 2 N–H and O–H groups in total. The first kappa shape index (κ1) is 17.9. The molecule has 0 saturated heterocycles. The van der Waals surface area contributed by atoms with Crippen molar-refractivity contribution in [3.05, 3.63) is 43.5 Å². The van der Waals surface area contributed by atoms with Gasteiger partial charge in [0, 0.05) is 15.6 Å². The van der Waals surface area contributed by atoms with E-state index >= 15 is 0 Å². The van der Waals surface area contributed by atoms with Gasteiger partial charge in [0.15, 0.2) is 11.8 Å². The van der Waals surface area contributed by atoms with Crippen molar-refractivity contribution in [2.24, 2.45) is 0 Å². The molecule has 0 atom stereocenters. The minimum Gasteiger partial charge on any atom is -0.618 e. The van der Waals surface area contributed by atoms with Crippen LogP contribution in [-0.2, 0) is 6.54 Å². The summed E-state index contributed by atoms with van der Waals surface area (Å²) in [4.78, 5) is 8.32. The van der Waals surface area contributed by atoms with E-state index in [1.807, 2.05) is 27.7 Å². The van der Waals surface area contributed by atoms with Crippen molar-refractivity contribution in [2.75, 3.05) is 5.73 Å². The number of aryl methyl sites for hydroxylation is 1. The highest BCUT2D eigenvalue weighted by molar-refractivity contribution is 9.10. The highest BCUT2D eigenvalue weighted by Crippen LogP contribution is 2.30. The van der Waals surface area contributed by atoms with Gasteiger partial charge < -0.3 is 10.9 Å². The highest BCUT2D eigenvalue weighted by Gasteiger charge is 2.23. The molecule has 0 aliphatic carbocycles. The Balaban J connectivity index is 2.23. The van der Waals surface area contributed by atoms with E-state index < -0.39 is 0 Å². The van der Waals surface area contributed by atoms with Gasteiger partial charge in [-0.2, -0.15) is 14.8 Å². The third kappa shape index (κ3) is 3.04. The van der Waals surface area contributed by atoms with E-state index in [-0.39, 0.29) is 23.6 Å². The molecule has 9 heteroatoms. The zero-order valence-corrected chi connectivity index (χ0v) is 16.7. The van der Waals surface area contributed by atoms with E-state index in [0.717, 1.165) is 26.0 Å². The summed E-state index contributed by atoms with van der Waals surface area (Å²) >= 11 is 9.81. The fourth-order valence-corrected chi connectivity index (χ4v) is 3.41. The predicted molar refractivity (Wildman–Crippen MR) is 101 cm³/mol. The van der Waals surface area contributed by atoms with Gasteiger partial charge >= 0.3 is 0 Å². The van der Waals surface area contributed by atoms with E-state index in [1.165, 1.54) is 6.20 Å². The molecular formula is C16H18BrClN6O. The van der Waals surface area contributed by atoms with E-state index in [9.17, 15) is 5.21 Å². The van der Waals surface area contributed by atoms with Crippen molar-refractivity contribution in [3.63, 3.8) is 0 Å². The quantitative estimate of drug-likeness (QED) is 0.395. The molecule has 3 rings (SSSR count). The number of nitrogens with zero attached hydrogens (tertiary/aromatic N) is 5. The van der Waals surface area contributed by atoms with Crippen LogP contribution in [0.25, 0.3) is 11.0 Å². The number of hydrogen-bond acceptors (Lipinski definition) is 5. The van der Waals surface area contributed by atoms with Crippen molar-refractivity contribution in [2.45, 2.75) is 40.2 Å². The molecule has 3 heterocycles. The van der Waals surface area contributed by atoms with Crippen LogP contribution in [-0.4, -0.2) is 19.7 Å². The number of halogens is 2. The molecule has 132 valence electrons. The minimum atomic E-state index is 0.0748. The molecule has 25 heavy (non-hydrogen) atoms. The van der Waals surface area contributed by atoms with Crippen molar-refractivity contribution in [3.8, 4) is 0 Å². The molecule has 0 amide bonds. The molecule has 0 radical (unpaired) electrons. The molecule has 0 aromatic carbocycles. The molecule has 7 nitrogen and oxygen atoms in total. The lowest BCUT2D eigenvalue weighted by Gasteiger charge is -2.11. The van der Waals surface area contributed by atoms with E-state index in [1.54, 1.807) is 4.68 Å². The van der Waals surface area contributed by atoms with Crippen LogP contribution in [0.3, 0.4) is 0 Å². The zero-order valence-electron chi connectivity index (χ0n) is 14.3. The Labute approximate surface area is 158 Å². The molecule has 0 spiro atoms. The highest BCUT2D eigenvalue weighted by atomic mass is 79.9. The second-order valence-corrected chi connectivity index (χ2v) is 7.44. The summed E-state index contributed by atoms with van der Waals surface area (Å²) in [6.45, 7) is 8.06. The number of nitrogens with two attached hydrogens (primary N) is 1. The largest absolute Gasteiger partial charge is 0.618 e. The Bertz CT molecular complexity index is 985. The Hall–Kier alpha value is -1.93. The van der Waals surface area contributed by atoms with Crippen molar-refractivity contribution in [1.29, 1.82) is 0 Å². The zero-order chi connectivity index (χ0) is 18.5. The van der Waals surface area contributed by atoms with Crippen LogP contribution in [0, 0.1) is 19.1 Å². The summed E-state index contributed by atoms with van der Waals surface area (Å²) in [5.41, 5.74) is 9.37. The normalized spacial score (nSPS) is 11.6. The van der Waals surface area contributed by atoms with E-state index in [0.29, 0.717) is 16.7 Å². The van der Waals surface area contributed by atoms with Gasteiger partial charge in [0.1, 0.15) is 11.7 Å². The van der Waals surface area contributed by atoms with Gasteiger partial charge in [-0.1, -0.05) is 25.4 Å². The molecule has 3 aromatic heterocycles. The topological polar surface area (TPSA) is 96.6 Å². The maximum atomic E-state index is 12.4. The van der Waals surface area contributed by atoms with Gasteiger partial charge in [0.2, 0.25) is 11.6 Å². The third-order valence-electron chi connectivity index (χ3n) is 4.12. The first-order valence-corrected chi connectivity index (χ1v) is 8.95. The van der Waals surface area contributed by atoms with Crippen LogP contribution in [0.4, 0.5) is 5.95 Å². The maximum Gasteiger partial charge on any atom is 0.223 e. The summed E-state index contributed by atoms with van der Waals surface area (Å²) in [5, 5.41) is 18.0. The molecule has 0 unspecified atom stereocenters. The van der Waals surface area contributed by atoms with Crippen LogP contribution < -0.4 is 10.5 Å². The van der Waals surface area contributed by atoms with Crippen LogP contribution in [0.1, 0.15) is 42.3 Å². The first-order chi connectivity index (χ1) is 11.7. The summed E-state index contributed by atoms with van der Waals surface area (Å²) in [6, 6.07) is 0. The minimum absolute atomic E-state index is 0.0748. The van der Waals surface area contributed by atoms with Crippen molar-refractivity contribution >= 4 is 44.5 Å². The molecule has 3 aromatic rings. The maximum absolute atomic E-state index is 12.4. The van der Waals surface area contributed by atoms with Gasteiger partial charge in [-0.05, 0) is 35.7 Å². The summed E-state index contributed by atoms with van der Waals surface area (Å²) in [5.74, 6) is 0.199. The Morgan fingerprint density at radius 2 is 2.04 bits per heavy atom. The molecule has 0 fully saturated rings. The van der Waals surface area contributed by atoms with Crippen LogP contribution in [0.2, 0.25) is 5.15 Å². The Kier molecular flexibility index (Phi) is 4.59. The lowest BCUT2D eigenvalue weighted by atomic mass is 10.1. The first-order valence-electron chi connectivity index (χ1n) is 7.77. The van der Waals surface area contributed by atoms with E-state index in [2.05, 4.69) is 31.0 Å². The number of fused-ring (bicyclic) bond motifs is 1. The Morgan fingerprint density at radius 1 is 1.36 bits per heavy atom. The van der Waals surface area contributed by atoms with E-state index in [4.69, 9.17) is 17.3 Å². The third-order valence-corrected chi connectivity index (χ3v) is 5.62. The van der Waals surface area contributed by atoms with Gasteiger partial charge in [0.25, 0.3) is 0 Å². The summed E-state index contributed by atoms with van der Waals surface area (Å²) < 4.78 is 3.43. The van der Waals surface area contributed by atoms with Crippen LogP contribution in [0.15, 0.2) is 10.7 Å². The van der Waals surface area contributed by atoms with Gasteiger partial charge in [-0.15, -0.1) is 0 Å².